The molecule has 3 heterocycles. The summed E-state index contributed by atoms with van der Waals surface area (Å²) in [5, 5.41) is 5.38. The van der Waals surface area contributed by atoms with E-state index in [2.05, 4.69) is 29.0 Å². The number of carbonyl (C=O) groups excluding carboxylic acids is 1. The maximum absolute atomic E-state index is 12.9. The number of imidazole rings is 1. The van der Waals surface area contributed by atoms with Crippen molar-refractivity contribution in [3.8, 4) is 0 Å². The van der Waals surface area contributed by atoms with Crippen LogP contribution in [0.4, 0.5) is 5.13 Å². The standard InChI is InChI=1S/C22H29N5O3S/c1-4-9-26-18-7-5-6-8-19(18)27(22(26)29)13-20(28)24-21-23-17(14-31-21)12-25-10-15(2)30-16(3)11-25/h5-8,14-16H,4,9-13H2,1-3H3,(H,23,24,28). The number of amides is 1. The van der Waals surface area contributed by atoms with Gasteiger partial charge in [0, 0.05) is 31.6 Å². The Morgan fingerprint density at radius 2 is 1.87 bits per heavy atom. The first kappa shape index (κ1) is 21.7. The van der Waals surface area contributed by atoms with Crippen LogP contribution >= 0.6 is 11.3 Å². The number of thiazole rings is 1. The number of nitrogens with zero attached hydrogens (tertiary/aromatic N) is 4. The SMILES string of the molecule is CCCn1c(=O)n(CC(=O)Nc2nc(CN3CC(C)OC(C)C3)cs2)c2ccccc21. The van der Waals surface area contributed by atoms with Gasteiger partial charge in [-0.25, -0.2) is 9.78 Å². The van der Waals surface area contributed by atoms with Gasteiger partial charge in [-0.2, -0.15) is 0 Å². The molecule has 2 aromatic heterocycles. The number of aryl methyl sites for hydroxylation is 1. The average Bonchev–Trinajstić information content (AvgIpc) is 3.25. The summed E-state index contributed by atoms with van der Waals surface area (Å²) < 4.78 is 9.04. The third-order valence-corrected chi connectivity index (χ3v) is 6.16. The van der Waals surface area contributed by atoms with Crippen molar-refractivity contribution in [3.05, 3.63) is 45.8 Å². The summed E-state index contributed by atoms with van der Waals surface area (Å²) in [6.45, 7) is 9.25. The molecule has 8 nitrogen and oxygen atoms in total. The fraction of sp³-hybridized carbons (Fsp3) is 0.500. The van der Waals surface area contributed by atoms with Crippen LogP contribution in [0.2, 0.25) is 0 Å². The van der Waals surface area contributed by atoms with E-state index in [9.17, 15) is 9.59 Å². The van der Waals surface area contributed by atoms with Crippen LogP contribution in [0.5, 0.6) is 0 Å². The van der Waals surface area contributed by atoms with Crippen LogP contribution in [-0.4, -0.2) is 50.2 Å². The molecular formula is C22H29N5O3S. The average molecular weight is 444 g/mol. The third kappa shape index (κ3) is 4.89. The number of morpholine rings is 1. The maximum atomic E-state index is 12.9. The Hall–Kier alpha value is -2.49. The Kier molecular flexibility index (Phi) is 6.54. The highest BCUT2D eigenvalue weighted by Gasteiger charge is 2.23. The molecule has 2 atom stereocenters. The highest BCUT2D eigenvalue weighted by molar-refractivity contribution is 7.13. The summed E-state index contributed by atoms with van der Waals surface area (Å²) in [4.78, 5) is 32.4. The van der Waals surface area contributed by atoms with Gasteiger partial charge in [-0.3, -0.25) is 18.8 Å². The first-order valence-electron chi connectivity index (χ1n) is 10.7. The van der Waals surface area contributed by atoms with Crippen LogP contribution in [-0.2, 0) is 29.2 Å². The molecule has 1 amide bonds. The minimum absolute atomic E-state index is 0.0382. The van der Waals surface area contributed by atoms with E-state index in [1.165, 1.54) is 15.9 Å². The predicted octanol–water partition coefficient (Wildman–Crippen LogP) is 2.92. The van der Waals surface area contributed by atoms with Crippen molar-refractivity contribution in [2.45, 2.75) is 59.0 Å². The van der Waals surface area contributed by atoms with E-state index in [0.29, 0.717) is 11.7 Å². The number of aromatic nitrogens is 3. The zero-order valence-electron chi connectivity index (χ0n) is 18.2. The fourth-order valence-electron chi connectivity index (χ4n) is 4.25. The predicted molar refractivity (Wildman–Crippen MR) is 123 cm³/mol. The van der Waals surface area contributed by atoms with Gasteiger partial charge in [-0.05, 0) is 32.4 Å². The normalized spacial score (nSPS) is 19.7. The van der Waals surface area contributed by atoms with Crippen molar-refractivity contribution >= 4 is 33.4 Å². The molecule has 1 aliphatic heterocycles. The molecule has 31 heavy (non-hydrogen) atoms. The molecular weight excluding hydrogens is 414 g/mol. The van der Waals surface area contributed by atoms with E-state index < -0.39 is 0 Å². The lowest BCUT2D eigenvalue weighted by Gasteiger charge is -2.34. The first-order chi connectivity index (χ1) is 14.9. The van der Waals surface area contributed by atoms with Gasteiger partial charge in [-0.1, -0.05) is 19.1 Å². The Bertz CT molecular complexity index is 1110. The zero-order valence-corrected chi connectivity index (χ0v) is 19.0. The van der Waals surface area contributed by atoms with Gasteiger partial charge in [0.25, 0.3) is 0 Å². The number of carbonyl (C=O) groups is 1. The van der Waals surface area contributed by atoms with E-state index in [4.69, 9.17) is 4.74 Å². The summed E-state index contributed by atoms with van der Waals surface area (Å²) >= 11 is 1.41. The summed E-state index contributed by atoms with van der Waals surface area (Å²) in [6.07, 6.45) is 1.26. The quantitative estimate of drug-likeness (QED) is 0.607. The second-order valence-corrected chi connectivity index (χ2v) is 9.01. The number of ether oxygens (including phenoxy) is 1. The van der Waals surface area contributed by atoms with Crippen LogP contribution in [0.15, 0.2) is 34.4 Å². The van der Waals surface area contributed by atoms with Gasteiger partial charge in [0.15, 0.2) is 5.13 Å². The lowest BCUT2D eigenvalue weighted by atomic mass is 10.2. The minimum atomic E-state index is -0.254. The summed E-state index contributed by atoms with van der Waals surface area (Å²) in [7, 11) is 0. The van der Waals surface area contributed by atoms with Gasteiger partial charge in [0.05, 0.1) is 28.9 Å². The third-order valence-electron chi connectivity index (χ3n) is 5.35. The maximum Gasteiger partial charge on any atom is 0.329 e. The molecule has 166 valence electrons. The fourth-order valence-corrected chi connectivity index (χ4v) is 4.96. The van der Waals surface area contributed by atoms with Crippen molar-refractivity contribution in [2.75, 3.05) is 18.4 Å². The number of para-hydroxylation sites is 2. The number of benzene rings is 1. The number of anilines is 1. The lowest BCUT2D eigenvalue weighted by molar-refractivity contribution is -0.116. The van der Waals surface area contributed by atoms with Crippen molar-refractivity contribution in [1.29, 1.82) is 0 Å². The molecule has 3 aromatic rings. The Balaban J connectivity index is 1.43. The van der Waals surface area contributed by atoms with E-state index in [-0.39, 0.29) is 30.3 Å². The largest absolute Gasteiger partial charge is 0.373 e. The molecule has 9 heteroatoms. The van der Waals surface area contributed by atoms with Gasteiger partial charge >= 0.3 is 5.69 Å². The molecule has 1 aromatic carbocycles. The van der Waals surface area contributed by atoms with Crippen molar-refractivity contribution in [3.63, 3.8) is 0 Å². The molecule has 0 radical (unpaired) electrons. The monoisotopic (exact) mass is 443 g/mol. The molecule has 2 unspecified atom stereocenters. The highest BCUT2D eigenvalue weighted by atomic mass is 32.1. The molecule has 1 fully saturated rings. The van der Waals surface area contributed by atoms with Crippen molar-refractivity contribution < 1.29 is 9.53 Å². The number of hydrogen-bond acceptors (Lipinski definition) is 6. The van der Waals surface area contributed by atoms with Crippen molar-refractivity contribution in [2.24, 2.45) is 0 Å². The molecule has 1 saturated heterocycles. The number of rotatable bonds is 7. The molecule has 0 saturated carbocycles. The zero-order chi connectivity index (χ0) is 22.0. The van der Waals surface area contributed by atoms with Gasteiger partial charge in [0.2, 0.25) is 5.91 Å². The highest BCUT2D eigenvalue weighted by Crippen LogP contribution is 2.20. The smallest absolute Gasteiger partial charge is 0.329 e. The van der Waals surface area contributed by atoms with Gasteiger partial charge < -0.3 is 10.1 Å². The molecule has 0 bridgehead atoms. The van der Waals surface area contributed by atoms with Gasteiger partial charge in [0.1, 0.15) is 6.54 Å². The number of hydrogen-bond donors (Lipinski definition) is 1. The first-order valence-corrected chi connectivity index (χ1v) is 11.6. The van der Waals surface area contributed by atoms with Crippen LogP contribution < -0.4 is 11.0 Å². The van der Waals surface area contributed by atoms with Crippen LogP contribution in [0.3, 0.4) is 0 Å². The van der Waals surface area contributed by atoms with E-state index >= 15 is 0 Å². The van der Waals surface area contributed by atoms with E-state index in [0.717, 1.165) is 42.8 Å². The van der Waals surface area contributed by atoms with Crippen LogP contribution in [0.1, 0.15) is 32.9 Å². The molecule has 0 aliphatic carbocycles. The van der Waals surface area contributed by atoms with Crippen LogP contribution in [0, 0.1) is 0 Å². The van der Waals surface area contributed by atoms with Crippen LogP contribution in [0.25, 0.3) is 11.0 Å². The number of nitrogens with one attached hydrogen (secondary N) is 1. The molecule has 0 spiro atoms. The lowest BCUT2D eigenvalue weighted by Crippen LogP contribution is -2.44. The topological polar surface area (TPSA) is 81.4 Å². The summed E-state index contributed by atoms with van der Waals surface area (Å²) in [5.74, 6) is -0.254. The van der Waals surface area contributed by atoms with Crippen molar-refractivity contribution in [1.82, 2.24) is 19.0 Å². The van der Waals surface area contributed by atoms with Gasteiger partial charge in [-0.15, -0.1) is 11.3 Å². The molecule has 4 rings (SSSR count). The van der Waals surface area contributed by atoms with E-state index in [1.807, 2.05) is 36.6 Å². The molecule has 1 N–H and O–H groups in total. The summed E-state index contributed by atoms with van der Waals surface area (Å²) in [6, 6.07) is 7.58. The second kappa shape index (κ2) is 9.33. The van der Waals surface area contributed by atoms with E-state index in [1.54, 1.807) is 4.57 Å². The second-order valence-electron chi connectivity index (χ2n) is 8.15. The Morgan fingerprint density at radius 3 is 2.55 bits per heavy atom. The summed E-state index contributed by atoms with van der Waals surface area (Å²) in [5.41, 5.74) is 2.39. The Morgan fingerprint density at radius 1 is 1.19 bits per heavy atom. The number of fused-ring (bicyclic) bond motifs is 1. The Labute approximate surface area is 185 Å². The minimum Gasteiger partial charge on any atom is -0.373 e. The molecule has 1 aliphatic rings.